The third kappa shape index (κ3) is 4.05. The van der Waals surface area contributed by atoms with E-state index in [4.69, 9.17) is 23.2 Å². The quantitative estimate of drug-likeness (QED) is 0.480. The molecule has 2 heterocycles. The number of halogens is 5. The molecule has 4 rings (SSSR count). The Kier molecular flexibility index (Phi) is 4.92. The van der Waals surface area contributed by atoms with Crippen molar-refractivity contribution in [1.29, 1.82) is 0 Å². The fourth-order valence-corrected chi connectivity index (χ4v) is 2.86. The third-order valence-electron chi connectivity index (χ3n) is 3.86. The number of tetrazole rings is 2. The number of hydrogen-bond acceptors (Lipinski definition) is 6. The molecule has 0 spiro atoms. The van der Waals surface area contributed by atoms with Gasteiger partial charge in [-0.1, -0.05) is 23.2 Å². The molecule has 148 valence electrons. The number of hydrogen-bond donors (Lipinski definition) is 0. The average molecular weight is 441 g/mol. The first kappa shape index (κ1) is 19.3. The maximum Gasteiger partial charge on any atom is 0.418 e. The van der Waals surface area contributed by atoms with Gasteiger partial charge in [-0.05, 0) is 58.1 Å². The first-order chi connectivity index (χ1) is 13.8. The van der Waals surface area contributed by atoms with Crippen LogP contribution >= 0.6 is 23.2 Å². The second-order valence-corrected chi connectivity index (χ2v) is 6.69. The Balaban J connectivity index is 1.66. The zero-order valence-electron chi connectivity index (χ0n) is 14.2. The molecule has 0 unspecified atom stereocenters. The van der Waals surface area contributed by atoms with Crippen molar-refractivity contribution in [2.45, 2.75) is 12.7 Å². The summed E-state index contributed by atoms with van der Waals surface area (Å²) in [4.78, 5) is 1.18. The third-order valence-corrected chi connectivity index (χ3v) is 4.35. The highest BCUT2D eigenvalue weighted by atomic mass is 35.5. The van der Waals surface area contributed by atoms with E-state index in [1.54, 1.807) is 24.3 Å². The maximum absolute atomic E-state index is 13.4. The summed E-state index contributed by atoms with van der Waals surface area (Å²) in [6.07, 6.45) is -4.64. The fraction of sp³-hybridized carbons (Fsp3) is 0.125. The predicted octanol–water partition coefficient (Wildman–Crippen LogP) is 3.69. The molecule has 8 nitrogen and oxygen atoms in total. The van der Waals surface area contributed by atoms with E-state index in [0.29, 0.717) is 16.4 Å². The van der Waals surface area contributed by atoms with Crippen LogP contribution in [0.5, 0.6) is 0 Å². The van der Waals surface area contributed by atoms with Gasteiger partial charge in [0.1, 0.15) is 6.54 Å². The Morgan fingerprint density at radius 3 is 2.34 bits per heavy atom. The molecule has 13 heteroatoms. The monoisotopic (exact) mass is 440 g/mol. The molecule has 2 aromatic heterocycles. The molecule has 0 saturated carbocycles. The van der Waals surface area contributed by atoms with E-state index in [1.807, 2.05) is 0 Å². The number of nitrogens with zero attached hydrogens (tertiary/aromatic N) is 8. The highest BCUT2D eigenvalue weighted by Crippen LogP contribution is 2.35. The summed E-state index contributed by atoms with van der Waals surface area (Å²) in [6, 6.07) is 10.1. The molecule has 2 aromatic carbocycles. The van der Waals surface area contributed by atoms with Crippen LogP contribution in [0.4, 0.5) is 13.2 Å². The summed E-state index contributed by atoms with van der Waals surface area (Å²) < 4.78 is 41.2. The average Bonchev–Trinajstić information content (AvgIpc) is 3.32. The van der Waals surface area contributed by atoms with Crippen molar-refractivity contribution in [3.8, 4) is 17.1 Å². The van der Waals surface area contributed by atoms with E-state index < -0.39 is 11.7 Å². The number of rotatable bonds is 4. The Morgan fingerprint density at radius 1 is 0.897 bits per heavy atom. The summed E-state index contributed by atoms with van der Waals surface area (Å²) in [5.41, 5.74) is -0.552. The van der Waals surface area contributed by atoms with E-state index in [0.717, 1.165) is 10.7 Å². The number of alkyl halides is 3. The summed E-state index contributed by atoms with van der Waals surface area (Å²) in [6.45, 7) is -0.104. The summed E-state index contributed by atoms with van der Waals surface area (Å²) in [7, 11) is 0. The molecule has 0 aliphatic heterocycles. The molecule has 0 atom stereocenters. The van der Waals surface area contributed by atoms with Crippen molar-refractivity contribution in [2.24, 2.45) is 0 Å². The van der Waals surface area contributed by atoms with Crippen LogP contribution in [0, 0.1) is 0 Å². The number of aromatic nitrogens is 8. The van der Waals surface area contributed by atoms with Gasteiger partial charge in [0.25, 0.3) is 0 Å². The molecule has 0 fully saturated rings. The van der Waals surface area contributed by atoms with Crippen molar-refractivity contribution in [2.75, 3.05) is 0 Å². The van der Waals surface area contributed by atoms with Crippen molar-refractivity contribution in [1.82, 2.24) is 40.4 Å². The zero-order chi connectivity index (χ0) is 20.6. The smallest absolute Gasteiger partial charge is 0.195 e. The lowest BCUT2D eigenvalue weighted by Crippen LogP contribution is -2.16. The molecular formula is C16H9Cl2F3N8. The topological polar surface area (TPSA) is 87.2 Å². The van der Waals surface area contributed by atoms with E-state index in [2.05, 4.69) is 30.9 Å². The van der Waals surface area contributed by atoms with E-state index >= 15 is 0 Å². The van der Waals surface area contributed by atoms with Crippen LogP contribution in [0.2, 0.25) is 10.0 Å². The Bertz CT molecular complexity index is 1150. The van der Waals surface area contributed by atoms with Gasteiger partial charge in [0.15, 0.2) is 5.82 Å². The van der Waals surface area contributed by atoms with E-state index in [1.165, 1.54) is 16.9 Å². The lowest BCUT2D eigenvalue weighted by Gasteiger charge is -2.13. The van der Waals surface area contributed by atoms with Gasteiger partial charge in [-0.2, -0.15) is 22.6 Å². The van der Waals surface area contributed by atoms with Crippen molar-refractivity contribution >= 4 is 23.2 Å². The van der Waals surface area contributed by atoms with Gasteiger partial charge in [0.2, 0.25) is 5.82 Å². The molecule has 4 aromatic rings. The highest BCUT2D eigenvalue weighted by molar-refractivity contribution is 6.31. The van der Waals surface area contributed by atoms with Crippen molar-refractivity contribution in [3.05, 3.63) is 63.9 Å². The number of benzene rings is 2. The molecule has 0 amide bonds. The largest absolute Gasteiger partial charge is 0.418 e. The first-order valence-corrected chi connectivity index (χ1v) is 8.75. The van der Waals surface area contributed by atoms with Crippen LogP contribution in [0.25, 0.3) is 17.1 Å². The van der Waals surface area contributed by atoms with Crippen LogP contribution in [0.1, 0.15) is 11.4 Å². The van der Waals surface area contributed by atoms with Crippen LogP contribution in [0.15, 0.2) is 42.5 Å². The van der Waals surface area contributed by atoms with Gasteiger partial charge in [0, 0.05) is 15.6 Å². The SMILES string of the molecule is FC(F)(F)c1cc(Cl)ccc1-n1nnnc1Cn1nnc(-c2ccc(Cl)cc2)n1. The second kappa shape index (κ2) is 7.41. The maximum atomic E-state index is 13.4. The molecular weight excluding hydrogens is 432 g/mol. The molecule has 0 bridgehead atoms. The Labute approximate surface area is 170 Å². The predicted molar refractivity (Wildman–Crippen MR) is 96.5 cm³/mol. The Hall–Kier alpha value is -3.05. The van der Waals surface area contributed by atoms with Crippen molar-refractivity contribution in [3.63, 3.8) is 0 Å². The van der Waals surface area contributed by atoms with Gasteiger partial charge in [-0.25, -0.2) is 0 Å². The van der Waals surface area contributed by atoms with Crippen LogP contribution in [0.3, 0.4) is 0 Å². The normalized spacial score (nSPS) is 11.8. The van der Waals surface area contributed by atoms with Gasteiger partial charge < -0.3 is 0 Å². The first-order valence-electron chi connectivity index (χ1n) is 7.99. The molecule has 29 heavy (non-hydrogen) atoms. The Morgan fingerprint density at radius 2 is 1.62 bits per heavy atom. The summed E-state index contributed by atoms with van der Waals surface area (Å²) in [5, 5.41) is 23.5. The molecule has 0 aliphatic carbocycles. The zero-order valence-corrected chi connectivity index (χ0v) is 15.7. The van der Waals surface area contributed by atoms with Gasteiger partial charge in [-0.3, -0.25) is 0 Å². The highest BCUT2D eigenvalue weighted by Gasteiger charge is 2.35. The minimum atomic E-state index is -4.64. The minimum Gasteiger partial charge on any atom is -0.195 e. The molecule has 0 aliphatic rings. The standard InChI is InChI=1S/C16H9Cl2F3N8/c17-10-3-1-9(2-4-10)15-23-26-28(24-15)8-14-22-25-27-29(14)13-6-5-11(18)7-12(13)16(19,20)21/h1-7H,8H2. The second-order valence-electron chi connectivity index (χ2n) is 5.82. The van der Waals surface area contributed by atoms with Crippen LogP contribution < -0.4 is 0 Å². The minimum absolute atomic E-state index is 0.0544. The lowest BCUT2D eigenvalue weighted by atomic mass is 10.1. The lowest BCUT2D eigenvalue weighted by molar-refractivity contribution is -0.137. The fourth-order valence-electron chi connectivity index (χ4n) is 2.56. The van der Waals surface area contributed by atoms with E-state index in [-0.39, 0.29) is 23.1 Å². The van der Waals surface area contributed by atoms with Crippen molar-refractivity contribution < 1.29 is 13.2 Å². The van der Waals surface area contributed by atoms with Gasteiger partial charge >= 0.3 is 6.18 Å². The van der Waals surface area contributed by atoms with Gasteiger partial charge in [-0.15, -0.1) is 15.3 Å². The van der Waals surface area contributed by atoms with E-state index in [9.17, 15) is 13.2 Å². The van der Waals surface area contributed by atoms with Crippen LogP contribution in [-0.4, -0.2) is 40.4 Å². The molecule has 0 N–H and O–H groups in total. The summed E-state index contributed by atoms with van der Waals surface area (Å²) in [5.74, 6) is 0.404. The van der Waals surface area contributed by atoms with Crippen LogP contribution in [-0.2, 0) is 12.7 Å². The molecule has 0 saturated heterocycles. The van der Waals surface area contributed by atoms with Gasteiger partial charge in [0.05, 0.1) is 11.3 Å². The summed E-state index contributed by atoms with van der Waals surface area (Å²) >= 11 is 11.6. The molecule has 0 radical (unpaired) electrons.